The lowest BCUT2D eigenvalue weighted by molar-refractivity contribution is -0.689. The average Bonchev–Trinajstić information content (AvgIpc) is 2.82. The average molecular weight is 492 g/mol. The molecule has 1 unspecified atom stereocenters. The van der Waals surface area contributed by atoms with E-state index in [1.165, 1.54) is 6.92 Å². The minimum atomic E-state index is -5.39. The smallest absolute Gasteiger partial charge is 0.484 e. The fourth-order valence-corrected chi connectivity index (χ4v) is 3.23. The topological polar surface area (TPSA) is 106 Å². The highest BCUT2D eigenvalue weighted by molar-refractivity contribution is 6.04. The third kappa shape index (κ3) is 6.65. The zero-order valence-corrected chi connectivity index (χ0v) is 18.4. The van der Waals surface area contributed by atoms with E-state index in [0.29, 0.717) is 5.75 Å². The van der Waals surface area contributed by atoms with Gasteiger partial charge in [0.05, 0.1) is 6.54 Å². The van der Waals surface area contributed by atoms with Gasteiger partial charge in [-0.2, -0.15) is 13.2 Å². The molecule has 184 valence electrons. The monoisotopic (exact) mass is 492 g/mol. The van der Waals surface area contributed by atoms with Crippen LogP contribution in [0.2, 0.25) is 0 Å². The van der Waals surface area contributed by atoms with E-state index in [1.54, 1.807) is 65.5 Å². The Bertz CT molecular complexity index is 1140. The summed E-state index contributed by atoms with van der Waals surface area (Å²) in [6.07, 6.45) is -2.11. The van der Waals surface area contributed by atoms with Crippen LogP contribution in [0.5, 0.6) is 5.75 Å². The fourth-order valence-electron chi connectivity index (χ4n) is 3.23. The molecule has 0 bridgehead atoms. The minimum absolute atomic E-state index is 0.0250. The standard InChI is InChI=1S/C23H20F3N3O6/c1-15(12-28-10-6-3-7-11-28)19(21(32)35-22(33)23(24,25)26)29-13-17(20(29)31)27-18(30)14-34-16-8-4-2-5-9-16/h2-11,17H,12-14H2,1H3/p+1. The lowest BCUT2D eigenvalue weighted by atomic mass is 10.0. The number of para-hydroxylation sites is 1. The number of alkyl halides is 3. The van der Waals surface area contributed by atoms with Crippen molar-refractivity contribution in [2.45, 2.75) is 25.7 Å². The number of aromatic nitrogens is 1. The molecule has 0 aliphatic carbocycles. The lowest BCUT2D eigenvalue weighted by Crippen LogP contribution is -2.64. The maximum Gasteiger partial charge on any atom is 0.491 e. The molecule has 1 saturated heterocycles. The number of esters is 2. The first-order valence-electron chi connectivity index (χ1n) is 10.3. The molecular weight excluding hydrogens is 471 g/mol. The van der Waals surface area contributed by atoms with Gasteiger partial charge in [0.15, 0.2) is 25.5 Å². The summed E-state index contributed by atoms with van der Waals surface area (Å²) in [5.41, 5.74) is -0.332. The Hall–Kier alpha value is -4.22. The van der Waals surface area contributed by atoms with Crippen molar-refractivity contribution in [3.05, 3.63) is 72.2 Å². The number of ether oxygens (including phenoxy) is 2. The van der Waals surface area contributed by atoms with Crippen LogP contribution in [0.25, 0.3) is 0 Å². The predicted octanol–water partition coefficient (Wildman–Crippen LogP) is 1.29. The molecule has 9 nitrogen and oxygen atoms in total. The Morgan fingerprint density at radius 1 is 1.09 bits per heavy atom. The number of nitrogens with one attached hydrogen (secondary N) is 1. The molecule has 1 aromatic carbocycles. The molecule has 2 aromatic rings. The first-order valence-corrected chi connectivity index (χ1v) is 10.3. The number of hydrogen-bond donors (Lipinski definition) is 1. The van der Waals surface area contributed by atoms with Crippen LogP contribution in [0.1, 0.15) is 6.92 Å². The SMILES string of the molecule is CC(C[n+]1ccccc1)=C(C(=O)OC(=O)C(F)(F)F)N1CC(NC(=O)COc2ccccc2)C1=O. The molecule has 0 saturated carbocycles. The number of halogens is 3. The molecule has 3 rings (SSSR count). The molecule has 1 aromatic heterocycles. The Kier molecular flexibility index (Phi) is 7.84. The highest BCUT2D eigenvalue weighted by Crippen LogP contribution is 2.24. The number of rotatable bonds is 8. The van der Waals surface area contributed by atoms with Gasteiger partial charge < -0.3 is 19.7 Å². The maximum absolute atomic E-state index is 12.7. The molecular formula is C23H21F3N3O6+. The van der Waals surface area contributed by atoms with Gasteiger partial charge in [-0.15, -0.1) is 0 Å². The minimum Gasteiger partial charge on any atom is -0.484 e. The highest BCUT2D eigenvalue weighted by Gasteiger charge is 2.47. The number of pyridine rings is 1. The molecule has 1 N–H and O–H groups in total. The second-order valence-electron chi connectivity index (χ2n) is 7.52. The number of β-lactam (4-membered cyclic amide) rings is 1. The first-order chi connectivity index (χ1) is 16.6. The zero-order valence-electron chi connectivity index (χ0n) is 18.4. The van der Waals surface area contributed by atoms with Crippen LogP contribution in [-0.2, 0) is 30.5 Å². The normalized spacial score (nSPS) is 16.1. The number of carbonyl (C=O) groups is 4. The fraction of sp³-hybridized carbons (Fsp3) is 0.261. The molecule has 1 aliphatic heterocycles. The van der Waals surface area contributed by atoms with Crippen molar-refractivity contribution in [3.63, 3.8) is 0 Å². The molecule has 1 aliphatic rings. The van der Waals surface area contributed by atoms with Gasteiger partial charge in [0.25, 0.3) is 11.8 Å². The summed E-state index contributed by atoms with van der Waals surface area (Å²) >= 11 is 0. The molecule has 2 amide bonds. The molecule has 12 heteroatoms. The van der Waals surface area contributed by atoms with Gasteiger partial charge in [-0.3, -0.25) is 9.59 Å². The van der Waals surface area contributed by atoms with E-state index in [0.717, 1.165) is 4.90 Å². The van der Waals surface area contributed by atoms with Crippen molar-refractivity contribution >= 4 is 23.8 Å². The molecule has 0 spiro atoms. The summed E-state index contributed by atoms with van der Waals surface area (Å²) in [6, 6.07) is 12.6. The third-order valence-corrected chi connectivity index (χ3v) is 4.86. The van der Waals surface area contributed by atoms with Gasteiger partial charge in [-0.05, 0) is 19.1 Å². The maximum atomic E-state index is 12.7. The largest absolute Gasteiger partial charge is 0.491 e. The number of amides is 2. The second kappa shape index (κ2) is 10.8. The van der Waals surface area contributed by atoms with Crippen molar-refractivity contribution in [1.29, 1.82) is 0 Å². The van der Waals surface area contributed by atoms with E-state index in [4.69, 9.17) is 4.74 Å². The van der Waals surface area contributed by atoms with Crippen molar-refractivity contribution < 1.29 is 46.4 Å². The van der Waals surface area contributed by atoms with Gasteiger partial charge in [-0.25, -0.2) is 14.2 Å². The van der Waals surface area contributed by atoms with Gasteiger partial charge in [0, 0.05) is 17.7 Å². The van der Waals surface area contributed by atoms with E-state index < -0.39 is 41.7 Å². The Morgan fingerprint density at radius 3 is 2.31 bits per heavy atom. The molecule has 1 atom stereocenters. The second-order valence-corrected chi connectivity index (χ2v) is 7.52. The van der Waals surface area contributed by atoms with Crippen LogP contribution in [0.15, 0.2) is 72.2 Å². The number of benzene rings is 1. The Morgan fingerprint density at radius 2 is 1.71 bits per heavy atom. The number of likely N-dealkylation sites (tertiary alicyclic amines) is 1. The number of carbonyl (C=O) groups excluding carboxylic acids is 4. The summed E-state index contributed by atoms with van der Waals surface area (Å²) < 4.78 is 48.7. The number of allylic oxidation sites excluding steroid dienone is 1. The van der Waals surface area contributed by atoms with Crippen molar-refractivity contribution in [2.24, 2.45) is 0 Å². The summed E-state index contributed by atoms with van der Waals surface area (Å²) in [5, 5.41) is 2.43. The van der Waals surface area contributed by atoms with Crippen LogP contribution in [-0.4, -0.2) is 54.0 Å². The number of hydrogen-bond acceptors (Lipinski definition) is 6. The van der Waals surface area contributed by atoms with Gasteiger partial charge in [-0.1, -0.05) is 24.3 Å². The van der Waals surface area contributed by atoms with E-state index in [1.807, 2.05) is 0 Å². The Labute approximate surface area is 197 Å². The Balaban J connectivity index is 1.70. The van der Waals surface area contributed by atoms with Crippen LogP contribution in [0, 0.1) is 0 Å². The van der Waals surface area contributed by atoms with E-state index in [2.05, 4.69) is 10.1 Å². The van der Waals surface area contributed by atoms with E-state index in [9.17, 15) is 32.3 Å². The molecule has 2 heterocycles. The molecule has 1 fully saturated rings. The van der Waals surface area contributed by atoms with Crippen molar-refractivity contribution in [1.82, 2.24) is 10.2 Å². The van der Waals surface area contributed by atoms with Crippen LogP contribution < -0.4 is 14.6 Å². The zero-order chi connectivity index (χ0) is 25.6. The van der Waals surface area contributed by atoms with Crippen LogP contribution in [0.3, 0.4) is 0 Å². The van der Waals surface area contributed by atoms with Crippen molar-refractivity contribution in [3.8, 4) is 5.75 Å². The lowest BCUT2D eigenvalue weighted by Gasteiger charge is -2.39. The van der Waals surface area contributed by atoms with Crippen LogP contribution >= 0.6 is 0 Å². The third-order valence-electron chi connectivity index (χ3n) is 4.86. The van der Waals surface area contributed by atoms with Crippen LogP contribution in [0.4, 0.5) is 13.2 Å². The van der Waals surface area contributed by atoms with Crippen molar-refractivity contribution in [2.75, 3.05) is 13.2 Å². The van der Waals surface area contributed by atoms with E-state index >= 15 is 0 Å². The first kappa shape index (κ1) is 25.4. The summed E-state index contributed by atoms with van der Waals surface area (Å²) in [5.74, 6) is -5.23. The summed E-state index contributed by atoms with van der Waals surface area (Å²) in [7, 11) is 0. The number of nitrogens with zero attached hydrogens (tertiary/aromatic N) is 2. The van der Waals surface area contributed by atoms with Gasteiger partial charge in [0.1, 0.15) is 17.5 Å². The quantitative estimate of drug-likeness (QED) is 0.196. The van der Waals surface area contributed by atoms with E-state index in [-0.39, 0.29) is 25.3 Å². The van der Waals surface area contributed by atoms with Gasteiger partial charge >= 0.3 is 18.1 Å². The molecule has 0 radical (unpaired) electrons. The summed E-state index contributed by atoms with van der Waals surface area (Å²) in [4.78, 5) is 49.4. The predicted molar refractivity (Wildman–Crippen MR) is 112 cm³/mol. The molecule has 35 heavy (non-hydrogen) atoms. The highest BCUT2D eigenvalue weighted by atomic mass is 19.4. The van der Waals surface area contributed by atoms with Gasteiger partial charge in [0.2, 0.25) is 0 Å². The summed E-state index contributed by atoms with van der Waals surface area (Å²) in [6.45, 7) is 0.860.